The van der Waals surface area contributed by atoms with Crippen LogP contribution in [0.15, 0.2) is 36.7 Å². The van der Waals surface area contributed by atoms with Gasteiger partial charge in [-0.25, -0.2) is 4.39 Å². The number of hydrogen-bond donors (Lipinski definition) is 1. The molecule has 1 aromatic carbocycles. The number of aromatic nitrogens is 2. The van der Waals surface area contributed by atoms with Crippen molar-refractivity contribution in [1.82, 2.24) is 14.7 Å². The van der Waals surface area contributed by atoms with E-state index in [4.69, 9.17) is 4.74 Å². The zero-order valence-electron chi connectivity index (χ0n) is 13.2. The van der Waals surface area contributed by atoms with Crippen LogP contribution >= 0.6 is 0 Å². The van der Waals surface area contributed by atoms with Crippen molar-refractivity contribution in [1.29, 1.82) is 0 Å². The van der Waals surface area contributed by atoms with Gasteiger partial charge in [-0.1, -0.05) is 12.1 Å². The first kappa shape index (κ1) is 16.1. The van der Waals surface area contributed by atoms with Gasteiger partial charge < -0.3 is 9.84 Å². The molecule has 2 heterocycles. The Labute approximate surface area is 135 Å². The molecule has 1 aliphatic heterocycles. The Hall–Kier alpha value is -1.76. The van der Waals surface area contributed by atoms with Crippen molar-refractivity contribution < 1.29 is 14.2 Å². The number of ether oxygens (including phenoxy) is 1. The molecule has 0 amide bonds. The second-order valence-electron chi connectivity index (χ2n) is 5.99. The molecule has 0 unspecified atom stereocenters. The molecule has 0 spiro atoms. The zero-order valence-corrected chi connectivity index (χ0v) is 13.2. The lowest BCUT2D eigenvalue weighted by Crippen LogP contribution is -2.24. The number of aliphatic hydroxyl groups is 1. The molecule has 3 rings (SSSR count). The number of β-amino-alcohol motifs (C(OH)–C–C–N with tert-alkyl or cyclic N) is 1. The summed E-state index contributed by atoms with van der Waals surface area (Å²) >= 11 is 0. The van der Waals surface area contributed by atoms with E-state index in [1.165, 1.54) is 12.1 Å². The van der Waals surface area contributed by atoms with E-state index < -0.39 is 0 Å². The summed E-state index contributed by atoms with van der Waals surface area (Å²) in [6, 6.07) is 6.65. The van der Waals surface area contributed by atoms with Gasteiger partial charge in [0.2, 0.25) is 0 Å². The first-order valence-corrected chi connectivity index (χ1v) is 7.83. The summed E-state index contributed by atoms with van der Waals surface area (Å²) in [7, 11) is 1.67. The Morgan fingerprint density at radius 2 is 2.13 bits per heavy atom. The third-order valence-electron chi connectivity index (χ3n) is 4.23. The molecule has 1 aliphatic rings. The summed E-state index contributed by atoms with van der Waals surface area (Å²) in [5, 5.41) is 14.4. The summed E-state index contributed by atoms with van der Waals surface area (Å²) in [5.41, 5.74) is 2.14. The molecule has 1 N–H and O–H groups in total. The fraction of sp³-hybridized carbons (Fsp3) is 0.471. The summed E-state index contributed by atoms with van der Waals surface area (Å²) in [6.07, 6.45) is 4.17. The van der Waals surface area contributed by atoms with Crippen LogP contribution in [-0.4, -0.2) is 46.2 Å². The topological polar surface area (TPSA) is 50.5 Å². The van der Waals surface area contributed by atoms with Crippen molar-refractivity contribution >= 4 is 0 Å². The van der Waals surface area contributed by atoms with E-state index in [-0.39, 0.29) is 18.0 Å². The zero-order chi connectivity index (χ0) is 16.2. The number of hydrogen-bond acceptors (Lipinski definition) is 4. The molecule has 0 radical (unpaired) electrons. The Morgan fingerprint density at radius 1 is 1.35 bits per heavy atom. The second-order valence-corrected chi connectivity index (χ2v) is 5.99. The van der Waals surface area contributed by atoms with Gasteiger partial charge in [-0.05, 0) is 24.1 Å². The van der Waals surface area contributed by atoms with Crippen LogP contribution in [0.4, 0.5) is 4.39 Å². The number of rotatable bonds is 6. The Balaban J connectivity index is 1.69. The fourth-order valence-corrected chi connectivity index (χ4v) is 3.12. The molecule has 0 aliphatic carbocycles. The van der Waals surface area contributed by atoms with Gasteiger partial charge in [-0.3, -0.25) is 9.58 Å². The molecule has 1 aromatic heterocycles. The van der Waals surface area contributed by atoms with Gasteiger partial charge in [0.05, 0.1) is 25.5 Å². The minimum atomic E-state index is -0.353. The van der Waals surface area contributed by atoms with Crippen molar-refractivity contribution in [2.45, 2.75) is 31.7 Å². The third-order valence-corrected chi connectivity index (χ3v) is 4.23. The molecule has 0 bridgehead atoms. The predicted octanol–water partition coefficient (Wildman–Crippen LogP) is 1.98. The van der Waals surface area contributed by atoms with E-state index in [2.05, 4.69) is 10.00 Å². The summed E-state index contributed by atoms with van der Waals surface area (Å²) in [5.74, 6) is -0.238. The number of aliphatic hydroxyl groups excluding tert-OH is 1. The third kappa shape index (κ3) is 3.96. The van der Waals surface area contributed by atoms with Crippen LogP contribution in [-0.2, 0) is 17.8 Å². The SMILES string of the molecule is COCCn1cc(CN2C[C@@H](O)C[C@H]2c2ccc(F)cc2)cn1. The predicted molar refractivity (Wildman–Crippen MR) is 84.3 cm³/mol. The lowest BCUT2D eigenvalue weighted by Gasteiger charge is -2.23. The highest BCUT2D eigenvalue weighted by Gasteiger charge is 2.32. The van der Waals surface area contributed by atoms with Gasteiger partial charge in [0.15, 0.2) is 0 Å². The standard InChI is InChI=1S/C17H22FN3O2/c1-23-7-6-21-11-13(9-19-21)10-20-12-16(22)8-17(20)14-2-4-15(18)5-3-14/h2-5,9,11,16-17,22H,6-8,10,12H2,1H3/t16-,17-/m0/s1. The molecule has 1 fully saturated rings. The van der Waals surface area contributed by atoms with Gasteiger partial charge in [0.25, 0.3) is 0 Å². The van der Waals surface area contributed by atoms with Gasteiger partial charge in [-0.15, -0.1) is 0 Å². The second kappa shape index (κ2) is 7.21. The normalized spacial score (nSPS) is 21.9. The van der Waals surface area contributed by atoms with Gasteiger partial charge in [0.1, 0.15) is 5.82 Å². The van der Waals surface area contributed by atoms with Crippen molar-refractivity contribution in [3.8, 4) is 0 Å². The van der Waals surface area contributed by atoms with Crippen molar-refractivity contribution in [3.63, 3.8) is 0 Å². The smallest absolute Gasteiger partial charge is 0.123 e. The van der Waals surface area contributed by atoms with Crippen LogP contribution in [0.1, 0.15) is 23.6 Å². The average Bonchev–Trinajstić information content (AvgIpc) is 3.13. The summed E-state index contributed by atoms with van der Waals surface area (Å²) in [6.45, 7) is 2.68. The van der Waals surface area contributed by atoms with E-state index in [9.17, 15) is 9.50 Å². The Bertz CT molecular complexity index is 629. The minimum Gasteiger partial charge on any atom is -0.392 e. The van der Waals surface area contributed by atoms with Crippen molar-refractivity contribution in [2.75, 3.05) is 20.3 Å². The molecule has 5 nitrogen and oxygen atoms in total. The van der Waals surface area contributed by atoms with Crippen LogP contribution in [0.3, 0.4) is 0 Å². The van der Waals surface area contributed by atoms with Gasteiger partial charge >= 0.3 is 0 Å². The summed E-state index contributed by atoms with van der Waals surface area (Å²) < 4.78 is 20.0. The molecule has 2 atom stereocenters. The number of halogens is 1. The van der Waals surface area contributed by atoms with E-state index >= 15 is 0 Å². The summed E-state index contributed by atoms with van der Waals surface area (Å²) in [4.78, 5) is 2.22. The van der Waals surface area contributed by atoms with Crippen LogP contribution in [0.2, 0.25) is 0 Å². The van der Waals surface area contributed by atoms with Crippen molar-refractivity contribution in [3.05, 3.63) is 53.6 Å². The molecule has 23 heavy (non-hydrogen) atoms. The van der Waals surface area contributed by atoms with Gasteiger partial charge in [0, 0.05) is 38.0 Å². The average molecular weight is 319 g/mol. The van der Waals surface area contributed by atoms with E-state index in [1.54, 1.807) is 19.2 Å². The largest absolute Gasteiger partial charge is 0.392 e. The maximum Gasteiger partial charge on any atom is 0.123 e. The van der Waals surface area contributed by atoms with Crippen LogP contribution in [0, 0.1) is 5.82 Å². The molecular formula is C17H22FN3O2. The molecule has 1 saturated heterocycles. The van der Waals surface area contributed by atoms with Crippen molar-refractivity contribution in [2.24, 2.45) is 0 Å². The van der Waals surface area contributed by atoms with E-state index in [0.717, 1.165) is 17.7 Å². The number of likely N-dealkylation sites (tertiary alicyclic amines) is 1. The molecule has 0 saturated carbocycles. The Kier molecular flexibility index (Phi) is 5.05. The van der Waals surface area contributed by atoms with Crippen LogP contribution in [0.5, 0.6) is 0 Å². The quantitative estimate of drug-likeness (QED) is 0.884. The highest BCUT2D eigenvalue weighted by molar-refractivity contribution is 5.22. The van der Waals surface area contributed by atoms with Gasteiger partial charge in [-0.2, -0.15) is 5.10 Å². The maximum atomic E-state index is 13.1. The Morgan fingerprint density at radius 3 is 2.87 bits per heavy atom. The lowest BCUT2D eigenvalue weighted by atomic mass is 10.0. The minimum absolute atomic E-state index is 0.105. The van der Waals surface area contributed by atoms with Crippen LogP contribution in [0.25, 0.3) is 0 Å². The first-order valence-electron chi connectivity index (χ1n) is 7.83. The highest BCUT2D eigenvalue weighted by Crippen LogP contribution is 2.33. The molecule has 2 aromatic rings. The fourth-order valence-electron chi connectivity index (χ4n) is 3.12. The lowest BCUT2D eigenvalue weighted by molar-refractivity contribution is 0.172. The van der Waals surface area contributed by atoms with E-state index in [1.807, 2.05) is 17.1 Å². The molecule has 6 heteroatoms. The molecular weight excluding hydrogens is 297 g/mol. The monoisotopic (exact) mass is 319 g/mol. The highest BCUT2D eigenvalue weighted by atomic mass is 19.1. The number of methoxy groups -OCH3 is 1. The first-order chi connectivity index (χ1) is 11.2. The number of nitrogens with zero attached hydrogens (tertiary/aromatic N) is 3. The van der Waals surface area contributed by atoms with E-state index in [0.29, 0.717) is 26.1 Å². The maximum absolute atomic E-state index is 13.1. The molecule has 124 valence electrons. The van der Waals surface area contributed by atoms with Crippen LogP contribution < -0.4 is 0 Å². The number of benzene rings is 1.